The number of nitrogens with one attached hydrogen (secondary N) is 1. The molecule has 1 aromatic carbocycles. The first-order valence-corrected chi connectivity index (χ1v) is 6.52. The van der Waals surface area contributed by atoms with Gasteiger partial charge in [0.1, 0.15) is 5.75 Å². The van der Waals surface area contributed by atoms with Gasteiger partial charge in [-0.05, 0) is 38.8 Å². The Labute approximate surface area is 115 Å². The molecule has 0 aliphatic carbocycles. The standard InChI is InChI=1S/C15H24N2O2/c1-11-5-7-13(19-4)12(9-11)6-8-14(18)17-15(2,3)10-16/h5,7,9H,6,8,10,16H2,1-4H3,(H,17,18). The Bertz CT molecular complexity index is 442. The van der Waals surface area contributed by atoms with E-state index in [1.54, 1.807) is 7.11 Å². The normalized spacial score (nSPS) is 11.2. The molecule has 0 fully saturated rings. The molecule has 1 aromatic rings. The van der Waals surface area contributed by atoms with Gasteiger partial charge in [0.05, 0.1) is 7.11 Å². The molecule has 0 spiro atoms. The molecular formula is C15H24N2O2. The first-order valence-electron chi connectivity index (χ1n) is 6.52. The summed E-state index contributed by atoms with van der Waals surface area (Å²) in [4.78, 5) is 11.9. The van der Waals surface area contributed by atoms with E-state index in [1.807, 2.05) is 32.9 Å². The maximum absolute atomic E-state index is 11.9. The number of hydrogen-bond acceptors (Lipinski definition) is 3. The molecule has 0 saturated carbocycles. The molecule has 0 heterocycles. The summed E-state index contributed by atoms with van der Waals surface area (Å²) >= 11 is 0. The van der Waals surface area contributed by atoms with Crippen LogP contribution in [0, 0.1) is 6.92 Å². The van der Waals surface area contributed by atoms with Gasteiger partial charge in [-0.3, -0.25) is 4.79 Å². The summed E-state index contributed by atoms with van der Waals surface area (Å²) in [6, 6.07) is 5.99. The number of methoxy groups -OCH3 is 1. The maximum atomic E-state index is 11.9. The molecule has 0 atom stereocenters. The fourth-order valence-electron chi connectivity index (χ4n) is 1.84. The summed E-state index contributed by atoms with van der Waals surface area (Å²) < 4.78 is 5.30. The van der Waals surface area contributed by atoms with Crippen molar-refractivity contribution >= 4 is 5.91 Å². The third-order valence-corrected chi connectivity index (χ3v) is 3.05. The highest BCUT2D eigenvalue weighted by Crippen LogP contribution is 2.21. The minimum absolute atomic E-state index is 0.0130. The minimum atomic E-state index is -0.353. The van der Waals surface area contributed by atoms with Crippen molar-refractivity contribution < 1.29 is 9.53 Å². The molecule has 4 nitrogen and oxygen atoms in total. The molecule has 3 N–H and O–H groups in total. The number of carbonyl (C=O) groups excluding carboxylic acids is 1. The van der Waals surface area contributed by atoms with Gasteiger partial charge < -0.3 is 15.8 Å². The number of amides is 1. The third kappa shape index (κ3) is 4.91. The van der Waals surface area contributed by atoms with Crippen LogP contribution in [-0.4, -0.2) is 25.1 Å². The number of benzene rings is 1. The van der Waals surface area contributed by atoms with E-state index in [1.165, 1.54) is 5.56 Å². The van der Waals surface area contributed by atoms with Gasteiger partial charge in [0.25, 0.3) is 0 Å². The van der Waals surface area contributed by atoms with Crippen molar-refractivity contribution in [2.24, 2.45) is 5.73 Å². The van der Waals surface area contributed by atoms with Crippen molar-refractivity contribution in [3.05, 3.63) is 29.3 Å². The van der Waals surface area contributed by atoms with Crippen LogP contribution in [0.15, 0.2) is 18.2 Å². The molecule has 0 bridgehead atoms. The summed E-state index contributed by atoms with van der Waals surface area (Å²) in [5.41, 5.74) is 7.46. The highest BCUT2D eigenvalue weighted by molar-refractivity contribution is 5.77. The van der Waals surface area contributed by atoms with E-state index in [2.05, 4.69) is 11.4 Å². The van der Waals surface area contributed by atoms with E-state index in [9.17, 15) is 4.79 Å². The summed E-state index contributed by atoms with van der Waals surface area (Å²) in [5.74, 6) is 0.843. The SMILES string of the molecule is COc1ccc(C)cc1CCC(=O)NC(C)(C)CN. The van der Waals surface area contributed by atoms with Crippen molar-refractivity contribution in [3.8, 4) is 5.75 Å². The van der Waals surface area contributed by atoms with Crippen LogP contribution in [0.5, 0.6) is 5.75 Å². The molecule has 0 radical (unpaired) electrons. The van der Waals surface area contributed by atoms with E-state index in [-0.39, 0.29) is 11.4 Å². The molecule has 19 heavy (non-hydrogen) atoms. The van der Waals surface area contributed by atoms with Crippen molar-refractivity contribution in [2.45, 2.75) is 39.2 Å². The van der Waals surface area contributed by atoms with Gasteiger partial charge in [-0.1, -0.05) is 17.7 Å². The number of carbonyl (C=O) groups is 1. The monoisotopic (exact) mass is 264 g/mol. The van der Waals surface area contributed by atoms with Crippen LogP contribution in [0.25, 0.3) is 0 Å². The number of hydrogen-bond donors (Lipinski definition) is 2. The van der Waals surface area contributed by atoms with Gasteiger partial charge in [0.2, 0.25) is 5.91 Å². The lowest BCUT2D eigenvalue weighted by Crippen LogP contribution is -2.48. The van der Waals surface area contributed by atoms with Gasteiger partial charge in [0, 0.05) is 18.5 Å². The fraction of sp³-hybridized carbons (Fsp3) is 0.533. The lowest BCUT2D eigenvalue weighted by atomic mass is 10.0. The Hall–Kier alpha value is -1.55. The van der Waals surface area contributed by atoms with Crippen LogP contribution in [0.1, 0.15) is 31.4 Å². The van der Waals surface area contributed by atoms with Crippen LogP contribution in [0.4, 0.5) is 0 Å². The van der Waals surface area contributed by atoms with Crippen LogP contribution in [0.2, 0.25) is 0 Å². The van der Waals surface area contributed by atoms with Crippen molar-refractivity contribution in [1.82, 2.24) is 5.32 Å². The Morgan fingerprint density at radius 3 is 2.68 bits per heavy atom. The van der Waals surface area contributed by atoms with Gasteiger partial charge in [-0.2, -0.15) is 0 Å². The van der Waals surface area contributed by atoms with E-state index < -0.39 is 0 Å². The van der Waals surface area contributed by atoms with Crippen LogP contribution < -0.4 is 15.8 Å². The summed E-state index contributed by atoms with van der Waals surface area (Å²) in [6.07, 6.45) is 1.10. The summed E-state index contributed by atoms with van der Waals surface area (Å²) in [5, 5.41) is 2.92. The number of nitrogens with two attached hydrogens (primary N) is 1. The van der Waals surface area contributed by atoms with E-state index in [0.29, 0.717) is 19.4 Å². The Kier molecular flexibility index (Phi) is 5.36. The van der Waals surface area contributed by atoms with Gasteiger partial charge >= 0.3 is 0 Å². The summed E-state index contributed by atoms with van der Waals surface area (Å²) in [7, 11) is 1.64. The second-order valence-electron chi connectivity index (χ2n) is 5.45. The summed E-state index contributed by atoms with van der Waals surface area (Å²) in [6.45, 7) is 6.28. The first kappa shape index (κ1) is 15.5. The van der Waals surface area contributed by atoms with E-state index >= 15 is 0 Å². The van der Waals surface area contributed by atoms with Crippen molar-refractivity contribution in [2.75, 3.05) is 13.7 Å². The Morgan fingerprint density at radius 1 is 1.42 bits per heavy atom. The molecule has 0 aliphatic rings. The average molecular weight is 264 g/mol. The Morgan fingerprint density at radius 2 is 2.11 bits per heavy atom. The predicted octanol–water partition coefficient (Wildman–Crippen LogP) is 1.79. The zero-order chi connectivity index (χ0) is 14.5. The molecular weight excluding hydrogens is 240 g/mol. The molecule has 106 valence electrons. The lowest BCUT2D eigenvalue weighted by Gasteiger charge is -2.24. The molecule has 1 rings (SSSR count). The van der Waals surface area contributed by atoms with Crippen LogP contribution in [-0.2, 0) is 11.2 Å². The molecule has 0 saturated heterocycles. The second-order valence-corrected chi connectivity index (χ2v) is 5.45. The first-order chi connectivity index (χ1) is 8.88. The zero-order valence-corrected chi connectivity index (χ0v) is 12.2. The maximum Gasteiger partial charge on any atom is 0.220 e. The average Bonchev–Trinajstić information content (AvgIpc) is 2.36. The van der Waals surface area contributed by atoms with Crippen molar-refractivity contribution in [3.63, 3.8) is 0 Å². The highest BCUT2D eigenvalue weighted by Gasteiger charge is 2.18. The predicted molar refractivity (Wildman–Crippen MR) is 77.3 cm³/mol. The smallest absolute Gasteiger partial charge is 0.220 e. The number of aryl methyl sites for hydroxylation is 2. The van der Waals surface area contributed by atoms with Crippen LogP contribution in [0.3, 0.4) is 0 Å². The third-order valence-electron chi connectivity index (χ3n) is 3.05. The molecule has 0 aromatic heterocycles. The molecule has 0 unspecified atom stereocenters. The van der Waals surface area contributed by atoms with E-state index in [4.69, 9.17) is 10.5 Å². The second kappa shape index (κ2) is 6.57. The Balaban J connectivity index is 2.62. The number of rotatable bonds is 6. The topological polar surface area (TPSA) is 64.3 Å². The van der Waals surface area contributed by atoms with Gasteiger partial charge in [0.15, 0.2) is 0 Å². The highest BCUT2D eigenvalue weighted by atomic mass is 16.5. The minimum Gasteiger partial charge on any atom is -0.496 e. The molecule has 1 amide bonds. The molecule has 4 heteroatoms. The van der Waals surface area contributed by atoms with Gasteiger partial charge in [-0.15, -0.1) is 0 Å². The fourth-order valence-corrected chi connectivity index (χ4v) is 1.84. The van der Waals surface area contributed by atoms with Crippen molar-refractivity contribution in [1.29, 1.82) is 0 Å². The quantitative estimate of drug-likeness (QED) is 0.823. The van der Waals surface area contributed by atoms with E-state index in [0.717, 1.165) is 11.3 Å². The molecule has 0 aliphatic heterocycles. The van der Waals surface area contributed by atoms with Crippen LogP contribution >= 0.6 is 0 Å². The lowest BCUT2D eigenvalue weighted by molar-refractivity contribution is -0.122. The van der Waals surface area contributed by atoms with Gasteiger partial charge in [-0.25, -0.2) is 0 Å². The zero-order valence-electron chi connectivity index (χ0n) is 12.2. The number of ether oxygens (including phenoxy) is 1. The largest absolute Gasteiger partial charge is 0.496 e.